The second-order valence-corrected chi connectivity index (χ2v) is 12.4. The number of halogens is 3. The summed E-state index contributed by atoms with van der Waals surface area (Å²) < 4.78 is 60.0. The van der Waals surface area contributed by atoms with Crippen molar-refractivity contribution in [2.24, 2.45) is 17.6 Å². The second-order valence-electron chi connectivity index (χ2n) is 9.72. The molecule has 1 saturated carbocycles. The molecule has 0 spiro atoms. The zero-order valence-corrected chi connectivity index (χ0v) is 21.0. The Morgan fingerprint density at radius 1 is 1.22 bits per heavy atom. The van der Waals surface area contributed by atoms with Gasteiger partial charge in [0.15, 0.2) is 9.84 Å². The van der Waals surface area contributed by atoms with Crippen molar-refractivity contribution in [3.05, 3.63) is 64.2 Å². The molecule has 2 N–H and O–H groups in total. The van der Waals surface area contributed by atoms with Crippen molar-refractivity contribution >= 4 is 33.3 Å². The number of nitrogens with zero attached hydrogens (tertiary/aromatic N) is 1. The van der Waals surface area contributed by atoms with Crippen LogP contribution in [0, 0.1) is 23.5 Å². The summed E-state index contributed by atoms with van der Waals surface area (Å²) in [6.45, 7) is 2.08. The fourth-order valence-electron chi connectivity index (χ4n) is 5.97. The summed E-state index contributed by atoms with van der Waals surface area (Å²) in [7, 11) is -3.59. The van der Waals surface area contributed by atoms with E-state index in [-0.39, 0.29) is 58.3 Å². The van der Waals surface area contributed by atoms with Crippen LogP contribution in [0.25, 0.3) is 0 Å². The average molecular weight is 539 g/mol. The third-order valence-corrected chi connectivity index (χ3v) is 9.83. The Kier molecular flexibility index (Phi) is 6.12. The van der Waals surface area contributed by atoms with Crippen LogP contribution in [0.1, 0.15) is 41.6 Å². The number of sulfone groups is 1. The smallest absolute Gasteiger partial charge is 0.255 e. The van der Waals surface area contributed by atoms with Crippen LogP contribution in [0.15, 0.2) is 41.3 Å². The fourth-order valence-corrected chi connectivity index (χ4v) is 7.05. The van der Waals surface area contributed by atoms with Crippen LogP contribution in [0.4, 0.5) is 8.78 Å². The quantitative estimate of drug-likeness (QED) is 0.544. The summed E-state index contributed by atoms with van der Waals surface area (Å²) in [5.74, 6) is -3.97. The lowest BCUT2D eigenvalue weighted by Gasteiger charge is -2.44. The number of nitrogens with two attached hydrogens (primary N) is 1. The lowest BCUT2D eigenvalue weighted by molar-refractivity contribution is -0.123. The first-order chi connectivity index (χ1) is 17.0. The highest BCUT2D eigenvalue weighted by Gasteiger charge is 2.72. The topological polar surface area (TPSA) is 107 Å². The molecule has 36 heavy (non-hydrogen) atoms. The number of rotatable bonds is 7. The van der Waals surface area contributed by atoms with Gasteiger partial charge in [-0.1, -0.05) is 24.6 Å². The molecular formula is C25H25ClF2N2O5S. The van der Waals surface area contributed by atoms with Crippen molar-refractivity contribution in [3.8, 4) is 0 Å². The largest absolute Gasteiger partial charge is 0.381 e. The highest BCUT2D eigenvalue weighted by Crippen LogP contribution is 2.67. The molecule has 3 aliphatic rings. The molecule has 0 bridgehead atoms. The van der Waals surface area contributed by atoms with E-state index in [2.05, 4.69) is 0 Å². The van der Waals surface area contributed by atoms with Gasteiger partial charge < -0.3 is 15.4 Å². The maximum Gasteiger partial charge on any atom is 0.255 e. The van der Waals surface area contributed by atoms with Gasteiger partial charge in [0.2, 0.25) is 5.91 Å². The Morgan fingerprint density at radius 2 is 1.94 bits per heavy atom. The van der Waals surface area contributed by atoms with E-state index in [4.69, 9.17) is 22.1 Å². The van der Waals surface area contributed by atoms with Crippen LogP contribution in [-0.2, 0) is 19.4 Å². The summed E-state index contributed by atoms with van der Waals surface area (Å²) in [6, 6.07) is 6.63. The molecule has 2 aromatic rings. The predicted octanol–water partition coefficient (Wildman–Crippen LogP) is 3.30. The molecule has 4 atom stereocenters. The number of hydrogen-bond donors (Lipinski definition) is 1. The Balaban J connectivity index is 1.63. The number of benzene rings is 2. The summed E-state index contributed by atoms with van der Waals surface area (Å²) in [6.07, 6.45) is 0.760. The molecule has 0 aromatic heterocycles. The summed E-state index contributed by atoms with van der Waals surface area (Å²) >= 11 is 5.80. The summed E-state index contributed by atoms with van der Waals surface area (Å²) in [5.41, 5.74) is 4.85. The monoisotopic (exact) mass is 538 g/mol. The van der Waals surface area contributed by atoms with Crippen LogP contribution in [0.5, 0.6) is 0 Å². The Morgan fingerprint density at radius 3 is 2.56 bits per heavy atom. The van der Waals surface area contributed by atoms with E-state index in [9.17, 15) is 22.4 Å². The number of likely N-dealkylation sites (tertiary alicyclic amines) is 1. The third kappa shape index (κ3) is 3.81. The van der Waals surface area contributed by atoms with E-state index >= 15 is 4.39 Å². The number of fused-ring (bicyclic) bond motifs is 1. The third-order valence-electron chi connectivity index (χ3n) is 7.80. The highest BCUT2D eigenvalue weighted by molar-refractivity contribution is 7.91. The minimum atomic E-state index is -3.59. The molecule has 2 saturated heterocycles. The van der Waals surface area contributed by atoms with Gasteiger partial charge in [0, 0.05) is 17.4 Å². The Hall–Kier alpha value is -2.56. The van der Waals surface area contributed by atoms with E-state index in [1.807, 2.05) is 0 Å². The average Bonchev–Trinajstić information content (AvgIpc) is 3.42. The van der Waals surface area contributed by atoms with Crippen LogP contribution in [0.3, 0.4) is 0 Å². The van der Waals surface area contributed by atoms with E-state index in [0.717, 1.165) is 12.1 Å². The van der Waals surface area contributed by atoms with E-state index < -0.39 is 50.8 Å². The van der Waals surface area contributed by atoms with Crippen LogP contribution in [0.2, 0.25) is 5.02 Å². The molecule has 2 heterocycles. The zero-order chi connectivity index (χ0) is 26.0. The van der Waals surface area contributed by atoms with Crippen molar-refractivity contribution in [1.29, 1.82) is 0 Å². The minimum Gasteiger partial charge on any atom is -0.381 e. The summed E-state index contributed by atoms with van der Waals surface area (Å²) in [5, 5.41) is -0.354. The lowest BCUT2D eigenvalue weighted by Crippen LogP contribution is -2.55. The van der Waals surface area contributed by atoms with E-state index in [0.29, 0.717) is 6.42 Å². The number of primary amides is 1. The van der Waals surface area contributed by atoms with Gasteiger partial charge in [-0.2, -0.15) is 0 Å². The molecule has 7 nitrogen and oxygen atoms in total. The molecule has 0 radical (unpaired) electrons. The predicted molar refractivity (Wildman–Crippen MR) is 127 cm³/mol. The van der Waals surface area contributed by atoms with Gasteiger partial charge in [0.1, 0.15) is 17.7 Å². The Bertz CT molecular complexity index is 1370. The van der Waals surface area contributed by atoms with Crippen molar-refractivity contribution in [1.82, 2.24) is 4.90 Å². The molecule has 3 fully saturated rings. The van der Waals surface area contributed by atoms with Crippen molar-refractivity contribution in [3.63, 3.8) is 0 Å². The standard InChI is InChI=1S/C25H25ClF2N2O5S/c1-2-36(33,34)16-5-3-4-13(6-16)24(32)30-21(23(29)31)7-15-10-25(15,30)22(14-11-35-12-14)17-8-20(28)18(26)9-19(17)27/h3-6,8-9,14-15,21-22H,2,7,10-12H2,1H3,(H2,29,31)/t15?,21?,22-,25?/m1/s1. The van der Waals surface area contributed by atoms with Gasteiger partial charge in [0.25, 0.3) is 5.91 Å². The Labute approximate surface area is 212 Å². The van der Waals surface area contributed by atoms with Gasteiger partial charge in [-0.15, -0.1) is 0 Å². The van der Waals surface area contributed by atoms with Gasteiger partial charge >= 0.3 is 0 Å². The fraction of sp³-hybridized carbons (Fsp3) is 0.440. The van der Waals surface area contributed by atoms with Gasteiger partial charge in [0.05, 0.1) is 34.4 Å². The number of hydrogen-bond acceptors (Lipinski definition) is 5. The van der Waals surface area contributed by atoms with Crippen molar-refractivity contribution in [2.75, 3.05) is 19.0 Å². The number of amides is 2. The number of piperidine rings is 1. The highest BCUT2D eigenvalue weighted by atomic mass is 35.5. The number of carbonyl (C=O) groups excluding carboxylic acids is 2. The van der Waals surface area contributed by atoms with Crippen LogP contribution >= 0.6 is 11.6 Å². The minimum absolute atomic E-state index is 0.0122. The zero-order valence-electron chi connectivity index (χ0n) is 19.4. The summed E-state index contributed by atoms with van der Waals surface area (Å²) in [4.78, 5) is 27.8. The van der Waals surface area contributed by atoms with Gasteiger partial charge in [-0.25, -0.2) is 17.2 Å². The van der Waals surface area contributed by atoms with Gasteiger partial charge in [-0.05, 0) is 54.7 Å². The van der Waals surface area contributed by atoms with Gasteiger partial charge in [-0.3, -0.25) is 9.59 Å². The molecular weight excluding hydrogens is 514 g/mol. The molecule has 3 unspecified atom stereocenters. The van der Waals surface area contributed by atoms with Crippen molar-refractivity contribution < 1.29 is 31.5 Å². The van der Waals surface area contributed by atoms with Crippen LogP contribution < -0.4 is 5.73 Å². The SMILES string of the molecule is CCS(=O)(=O)c1cccc(C(=O)N2C(C(N)=O)CC3CC32[C@@H](c2cc(F)c(Cl)cc2F)C2COC2)c1. The van der Waals surface area contributed by atoms with E-state index in [1.54, 1.807) is 0 Å². The number of carbonyl (C=O) groups is 2. The first-order valence-electron chi connectivity index (χ1n) is 11.7. The lowest BCUT2D eigenvalue weighted by atomic mass is 9.76. The first-order valence-corrected chi connectivity index (χ1v) is 13.7. The molecule has 5 rings (SSSR count). The van der Waals surface area contributed by atoms with E-state index in [1.165, 1.54) is 36.1 Å². The molecule has 2 aliphatic heterocycles. The molecule has 11 heteroatoms. The molecule has 192 valence electrons. The maximum atomic E-state index is 15.2. The normalized spacial score (nSPS) is 26.3. The van der Waals surface area contributed by atoms with Crippen molar-refractivity contribution in [2.45, 2.75) is 42.2 Å². The molecule has 2 aromatic carbocycles. The molecule has 2 amide bonds. The first kappa shape index (κ1) is 25.1. The maximum absolute atomic E-state index is 15.2. The molecule has 1 aliphatic carbocycles. The second kappa shape index (κ2) is 8.78. The number of ether oxygens (including phenoxy) is 1. The van der Waals surface area contributed by atoms with Crippen LogP contribution in [-0.4, -0.2) is 55.7 Å².